The SMILES string of the molecule is NC(=O)C(NCc1ccccc1)c1cc(Br)ccc1F. The van der Waals surface area contributed by atoms with Crippen LogP contribution in [0.5, 0.6) is 0 Å². The lowest BCUT2D eigenvalue weighted by molar-refractivity contribution is -0.120. The smallest absolute Gasteiger partial charge is 0.239 e. The second-order valence-electron chi connectivity index (χ2n) is 4.37. The number of hydrogen-bond acceptors (Lipinski definition) is 2. The van der Waals surface area contributed by atoms with Gasteiger partial charge in [0.2, 0.25) is 5.91 Å². The summed E-state index contributed by atoms with van der Waals surface area (Å²) in [4.78, 5) is 11.6. The molecular weight excluding hydrogens is 323 g/mol. The zero-order valence-corrected chi connectivity index (χ0v) is 12.2. The lowest BCUT2D eigenvalue weighted by Crippen LogP contribution is -2.34. The van der Waals surface area contributed by atoms with Crippen LogP contribution in [0.2, 0.25) is 0 Å². The standard InChI is InChI=1S/C15H14BrFN2O/c16-11-6-7-13(17)12(8-11)14(15(18)20)19-9-10-4-2-1-3-5-10/h1-8,14,19H,9H2,(H2,18,20). The molecule has 3 nitrogen and oxygen atoms in total. The summed E-state index contributed by atoms with van der Waals surface area (Å²) in [5, 5.41) is 2.98. The molecule has 0 aliphatic carbocycles. The van der Waals surface area contributed by atoms with E-state index >= 15 is 0 Å². The van der Waals surface area contributed by atoms with Crippen molar-refractivity contribution in [3.8, 4) is 0 Å². The molecule has 5 heteroatoms. The molecule has 0 radical (unpaired) electrons. The van der Waals surface area contributed by atoms with Gasteiger partial charge in [-0.1, -0.05) is 46.3 Å². The molecule has 0 aliphatic rings. The molecule has 0 spiro atoms. The van der Waals surface area contributed by atoms with Crippen LogP contribution in [-0.2, 0) is 11.3 Å². The van der Waals surface area contributed by atoms with Gasteiger partial charge < -0.3 is 5.73 Å². The summed E-state index contributed by atoms with van der Waals surface area (Å²) >= 11 is 3.26. The Labute approximate surface area is 125 Å². The first kappa shape index (κ1) is 14.7. The van der Waals surface area contributed by atoms with Crippen molar-refractivity contribution in [2.75, 3.05) is 0 Å². The largest absolute Gasteiger partial charge is 0.368 e. The zero-order valence-electron chi connectivity index (χ0n) is 10.6. The van der Waals surface area contributed by atoms with E-state index in [-0.39, 0.29) is 5.56 Å². The maximum absolute atomic E-state index is 13.8. The van der Waals surface area contributed by atoms with Crippen molar-refractivity contribution < 1.29 is 9.18 Å². The maximum Gasteiger partial charge on any atom is 0.239 e. The van der Waals surface area contributed by atoms with Gasteiger partial charge >= 0.3 is 0 Å². The highest BCUT2D eigenvalue weighted by molar-refractivity contribution is 9.10. The van der Waals surface area contributed by atoms with E-state index in [1.54, 1.807) is 12.1 Å². The molecule has 2 aromatic rings. The van der Waals surface area contributed by atoms with Crippen LogP contribution in [0.1, 0.15) is 17.2 Å². The molecular formula is C15H14BrFN2O. The van der Waals surface area contributed by atoms with Crippen molar-refractivity contribution >= 4 is 21.8 Å². The molecule has 0 saturated carbocycles. The van der Waals surface area contributed by atoms with Gasteiger partial charge in [-0.15, -0.1) is 0 Å². The molecule has 1 unspecified atom stereocenters. The van der Waals surface area contributed by atoms with Crippen molar-refractivity contribution in [2.24, 2.45) is 5.73 Å². The molecule has 1 amide bonds. The molecule has 0 aromatic heterocycles. The number of carbonyl (C=O) groups is 1. The Kier molecular flexibility index (Phi) is 4.87. The maximum atomic E-state index is 13.8. The van der Waals surface area contributed by atoms with E-state index in [9.17, 15) is 9.18 Å². The Bertz CT molecular complexity index is 604. The summed E-state index contributed by atoms with van der Waals surface area (Å²) in [7, 11) is 0. The van der Waals surface area contributed by atoms with Gasteiger partial charge in [0.05, 0.1) is 0 Å². The van der Waals surface area contributed by atoms with E-state index in [1.165, 1.54) is 6.07 Å². The van der Waals surface area contributed by atoms with Crippen LogP contribution in [0, 0.1) is 5.82 Å². The minimum Gasteiger partial charge on any atom is -0.368 e. The van der Waals surface area contributed by atoms with E-state index in [0.717, 1.165) is 5.56 Å². The van der Waals surface area contributed by atoms with E-state index < -0.39 is 17.8 Å². The number of hydrogen-bond donors (Lipinski definition) is 2. The average molecular weight is 337 g/mol. The summed E-state index contributed by atoms with van der Waals surface area (Å²) in [6, 6.07) is 13.1. The van der Waals surface area contributed by atoms with Crippen LogP contribution in [0.25, 0.3) is 0 Å². The minimum absolute atomic E-state index is 0.239. The fourth-order valence-electron chi connectivity index (χ4n) is 1.92. The van der Waals surface area contributed by atoms with Crippen molar-refractivity contribution in [2.45, 2.75) is 12.6 Å². The van der Waals surface area contributed by atoms with Gasteiger partial charge in [-0.25, -0.2) is 4.39 Å². The molecule has 3 N–H and O–H groups in total. The molecule has 0 bridgehead atoms. The Hall–Kier alpha value is -1.72. The zero-order chi connectivity index (χ0) is 14.5. The summed E-state index contributed by atoms with van der Waals surface area (Å²) in [6.45, 7) is 0.431. The van der Waals surface area contributed by atoms with E-state index in [0.29, 0.717) is 11.0 Å². The highest BCUT2D eigenvalue weighted by Gasteiger charge is 2.21. The first-order valence-electron chi connectivity index (χ1n) is 6.09. The first-order chi connectivity index (χ1) is 9.58. The number of nitrogens with one attached hydrogen (secondary N) is 1. The average Bonchev–Trinajstić information content (AvgIpc) is 2.43. The molecule has 0 heterocycles. The summed E-state index contributed by atoms with van der Waals surface area (Å²) in [5.41, 5.74) is 6.60. The minimum atomic E-state index is -0.868. The molecule has 0 aliphatic heterocycles. The van der Waals surface area contributed by atoms with Crippen LogP contribution < -0.4 is 11.1 Å². The van der Waals surface area contributed by atoms with E-state index in [1.807, 2.05) is 30.3 Å². The summed E-state index contributed by atoms with van der Waals surface area (Å²) in [6.07, 6.45) is 0. The van der Waals surface area contributed by atoms with Gasteiger partial charge in [-0.2, -0.15) is 0 Å². The highest BCUT2D eigenvalue weighted by atomic mass is 79.9. The van der Waals surface area contributed by atoms with E-state index in [4.69, 9.17) is 5.73 Å². The number of carbonyl (C=O) groups excluding carboxylic acids is 1. The Morgan fingerprint density at radius 2 is 1.95 bits per heavy atom. The normalized spacial score (nSPS) is 12.1. The number of rotatable bonds is 5. The van der Waals surface area contributed by atoms with Gasteiger partial charge in [0.15, 0.2) is 0 Å². The third-order valence-corrected chi connectivity index (χ3v) is 3.40. The number of halogens is 2. The van der Waals surface area contributed by atoms with Crippen molar-refractivity contribution in [1.29, 1.82) is 0 Å². The predicted octanol–water partition coefficient (Wildman–Crippen LogP) is 2.90. The van der Waals surface area contributed by atoms with Gasteiger partial charge in [-0.05, 0) is 23.8 Å². The molecule has 0 saturated heterocycles. The Balaban J connectivity index is 2.19. The molecule has 0 fully saturated rings. The topological polar surface area (TPSA) is 55.1 Å². The van der Waals surface area contributed by atoms with Crippen molar-refractivity contribution in [3.63, 3.8) is 0 Å². The predicted molar refractivity (Wildman–Crippen MR) is 79.3 cm³/mol. The second kappa shape index (κ2) is 6.63. The summed E-state index contributed by atoms with van der Waals surface area (Å²) in [5.74, 6) is -1.07. The third-order valence-electron chi connectivity index (χ3n) is 2.91. The molecule has 104 valence electrons. The van der Waals surface area contributed by atoms with Gasteiger partial charge in [0.1, 0.15) is 11.9 Å². The monoisotopic (exact) mass is 336 g/mol. The van der Waals surface area contributed by atoms with Crippen LogP contribution in [0.15, 0.2) is 53.0 Å². The van der Waals surface area contributed by atoms with E-state index in [2.05, 4.69) is 21.2 Å². The molecule has 20 heavy (non-hydrogen) atoms. The lowest BCUT2D eigenvalue weighted by Gasteiger charge is -2.17. The van der Waals surface area contributed by atoms with Gasteiger partial charge in [0, 0.05) is 16.6 Å². The number of primary amides is 1. The van der Waals surface area contributed by atoms with Crippen LogP contribution >= 0.6 is 15.9 Å². The molecule has 1 atom stereocenters. The fourth-order valence-corrected chi connectivity index (χ4v) is 2.29. The van der Waals surface area contributed by atoms with Crippen LogP contribution in [0.4, 0.5) is 4.39 Å². The summed E-state index contributed by atoms with van der Waals surface area (Å²) < 4.78 is 14.5. The fraction of sp³-hybridized carbons (Fsp3) is 0.133. The Morgan fingerprint density at radius 1 is 1.25 bits per heavy atom. The highest BCUT2D eigenvalue weighted by Crippen LogP contribution is 2.22. The number of benzene rings is 2. The van der Waals surface area contributed by atoms with Gasteiger partial charge in [0.25, 0.3) is 0 Å². The first-order valence-corrected chi connectivity index (χ1v) is 6.89. The molecule has 2 aromatic carbocycles. The number of amides is 1. The quantitative estimate of drug-likeness (QED) is 0.881. The Morgan fingerprint density at radius 3 is 2.60 bits per heavy atom. The lowest BCUT2D eigenvalue weighted by atomic mass is 10.1. The van der Waals surface area contributed by atoms with Crippen molar-refractivity contribution in [1.82, 2.24) is 5.32 Å². The second-order valence-corrected chi connectivity index (χ2v) is 5.28. The third kappa shape index (κ3) is 3.65. The van der Waals surface area contributed by atoms with Crippen molar-refractivity contribution in [3.05, 3.63) is 69.9 Å². The van der Waals surface area contributed by atoms with Crippen LogP contribution in [-0.4, -0.2) is 5.91 Å². The van der Waals surface area contributed by atoms with Gasteiger partial charge in [-0.3, -0.25) is 10.1 Å². The van der Waals surface area contributed by atoms with Crippen LogP contribution in [0.3, 0.4) is 0 Å². The number of nitrogens with two attached hydrogens (primary N) is 1. The molecule has 2 rings (SSSR count).